The third kappa shape index (κ3) is 2.94. The zero-order valence-electron chi connectivity index (χ0n) is 9.04. The van der Waals surface area contributed by atoms with Gasteiger partial charge in [-0.1, -0.05) is 19.1 Å². The van der Waals surface area contributed by atoms with E-state index in [0.717, 1.165) is 25.7 Å². The van der Waals surface area contributed by atoms with E-state index in [1.165, 1.54) is 9.13 Å². The van der Waals surface area contributed by atoms with E-state index in [0.29, 0.717) is 5.41 Å². The van der Waals surface area contributed by atoms with Crippen LogP contribution >= 0.6 is 22.6 Å². The quantitative estimate of drug-likeness (QED) is 0.829. The van der Waals surface area contributed by atoms with Crippen LogP contribution in [0.25, 0.3) is 0 Å². The van der Waals surface area contributed by atoms with Crippen molar-refractivity contribution in [1.29, 1.82) is 0 Å². The molecule has 0 aliphatic heterocycles. The summed E-state index contributed by atoms with van der Waals surface area (Å²) in [4.78, 5) is 0. The Morgan fingerprint density at radius 2 is 2.07 bits per heavy atom. The molecule has 0 heterocycles. The minimum Gasteiger partial charge on any atom is -0.393 e. The van der Waals surface area contributed by atoms with Crippen LogP contribution in [0, 0.1) is 8.99 Å². The molecule has 1 fully saturated rings. The second-order valence-electron chi connectivity index (χ2n) is 5.01. The molecular weight excluding hydrogens is 299 g/mol. The first-order valence-electron chi connectivity index (χ1n) is 5.50. The molecule has 0 aromatic heterocycles. The van der Waals surface area contributed by atoms with Crippen molar-refractivity contribution >= 4 is 22.6 Å². The third-order valence-electron chi connectivity index (χ3n) is 3.35. The van der Waals surface area contributed by atoms with Crippen molar-refractivity contribution in [2.75, 3.05) is 0 Å². The van der Waals surface area contributed by atoms with E-state index < -0.39 is 0 Å². The molecule has 1 aliphatic carbocycles. The van der Waals surface area contributed by atoms with Crippen LogP contribution in [-0.2, 0) is 6.42 Å². The van der Waals surface area contributed by atoms with Gasteiger partial charge in [-0.25, -0.2) is 0 Å². The summed E-state index contributed by atoms with van der Waals surface area (Å²) in [5.41, 5.74) is 1.71. The Morgan fingerprint density at radius 1 is 1.40 bits per heavy atom. The summed E-state index contributed by atoms with van der Waals surface area (Å²) in [6.07, 6.45) is 4.11. The maximum Gasteiger partial charge on any atom is 0.0545 e. The van der Waals surface area contributed by atoms with Gasteiger partial charge in [-0.15, -0.1) is 0 Å². The Hall–Kier alpha value is -0.0900. The van der Waals surface area contributed by atoms with Crippen molar-refractivity contribution in [3.05, 3.63) is 33.4 Å². The maximum atomic E-state index is 9.59. The molecule has 0 spiro atoms. The highest BCUT2D eigenvalue weighted by atomic mass is 127. The lowest BCUT2D eigenvalue weighted by atomic mass is 9.82. The number of rotatable bonds is 2. The Labute approximate surface area is 105 Å². The molecule has 0 saturated heterocycles. The first kappa shape index (κ1) is 11.4. The lowest BCUT2D eigenvalue weighted by Gasteiger charge is -2.23. The predicted molar refractivity (Wildman–Crippen MR) is 70.8 cm³/mol. The highest BCUT2D eigenvalue weighted by Crippen LogP contribution is 2.40. The fourth-order valence-corrected chi connectivity index (χ4v) is 2.90. The molecule has 82 valence electrons. The van der Waals surface area contributed by atoms with Gasteiger partial charge in [0.15, 0.2) is 0 Å². The smallest absolute Gasteiger partial charge is 0.0545 e. The Balaban J connectivity index is 2.05. The second-order valence-corrected chi connectivity index (χ2v) is 6.26. The van der Waals surface area contributed by atoms with Gasteiger partial charge >= 0.3 is 0 Å². The molecule has 1 aromatic carbocycles. The van der Waals surface area contributed by atoms with Gasteiger partial charge in [-0.05, 0) is 71.4 Å². The van der Waals surface area contributed by atoms with E-state index in [9.17, 15) is 5.11 Å². The fraction of sp³-hybridized carbons (Fsp3) is 0.538. The molecule has 1 nitrogen and oxygen atoms in total. The van der Waals surface area contributed by atoms with Crippen molar-refractivity contribution in [1.82, 2.24) is 0 Å². The fourth-order valence-electron chi connectivity index (χ4n) is 2.54. The average molecular weight is 316 g/mol. The summed E-state index contributed by atoms with van der Waals surface area (Å²) in [5.74, 6) is 0. The van der Waals surface area contributed by atoms with E-state index in [4.69, 9.17) is 0 Å². The standard InChI is InChI=1S/C13H17IO/c1-13(7-6-12(15)9-13)8-10-2-4-11(14)5-3-10/h2-5,12,15H,6-9H2,1H3. The molecule has 2 heteroatoms. The van der Waals surface area contributed by atoms with Crippen LogP contribution in [0.5, 0.6) is 0 Å². The number of benzene rings is 1. The van der Waals surface area contributed by atoms with E-state index in [1.54, 1.807) is 0 Å². The van der Waals surface area contributed by atoms with Crippen molar-refractivity contribution in [2.45, 2.75) is 38.7 Å². The van der Waals surface area contributed by atoms with Crippen LogP contribution in [0.2, 0.25) is 0 Å². The van der Waals surface area contributed by atoms with E-state index >= 15 is 0 Å². The topological polar surface area (TPSA) is 20.2 Å². The van der Waals surface area contributed by atoms with Crippen LogP contribution < -0.4 is 0 Å². The van der Waals surface area contributed by atoms with Crippen molar-refractivity contribution in [2.24, 2.45) is 5.41 Å². The van der Waals surface area contributed by atoms with Crippen molar-refractivity contribution in [3.8, 4) is 0 Å². The largest absolute Gasteiger partial charge is 0.393 e. The summed E-state index contributed by atoms with van der Waals surface area (Å²) >= 11 is 2.33. The van der Waals surface area contributed by atoms with Gasteiger partial charge in [0, 0.05) is 3.57 Å². The zero-order valence-corrected chi connectivity index (χ0v) is 11.2. The molecule has 1 aliphatic rings. The van der Waals surface area contributed by atoms with Crippen LogP contribution in [0.3, 0.4) is 0 Å². The second kappa shape index (κ2) is 4.42. The van der Waals surface area contributed by atoms with E-state index in [-0.39, 0.29) is 6.10 Å². The predicted octanol–water partition coefficient (Wildman–Crippen LogP) is 3.38. The van der Waals surface area contributed by atoms with Gasteiger partial charge in [-0.2, -0.15) is 0 Å². The lowest BCUT2D eigenvalue weighted by molar-refractivity contribution is 0.163. The number of aliphatic hydroxyl groups is 1. The molecule has 1 N–H and O–H groups in total. The van der Waals surface area contributed by atoms with Gasteiger partial charge in [0.2, 0.25) is 0 Å². The van der Waals surface area contributed by atoms with Gasteiger partial charge in [-0.3, -0.25) is 0 Å². The molecule has 1 saturated carbocycles. The molecular formula is C13H17IO. The normalized spacial score (nSPS) is 30.7. The Morgan fingerprint density at radius 3 is 2.60 bits per heavy atom. The van der Waals surface area contributed by atoms with Crippen LogP contribution in [0.15, 0.2) is 24.3 Å². The Kier molecular flexibility index (Phi) is 3.36. The number of halogens is 1. The maximum absolute atomic E-state index is 9.59. The summed E-state index contributed by atoms with van der Waals surface area (Å²) < 4.78 is 1.29. The molecule has 1 aromatic rings. The first-order valence-corrected chi connectivity index (χ1v) is 6.58. The Bertz CT molecular complexity index is 333. The number of aliphatic hydroxyl groups excluding tert-OH is 1. The van der Waals surface area contributed by atoms with Crippen LogP contribution in [-0.4, -0.2) is 11.2 Å². The minimum absolute atomic E-state index is 0.0705. The summed E-state index contributed by atoms with van der Waals surface area (Å²) in [7, 11) is 0. The molecule has 2 atom stereocenters. The number of hydrogen-bond acceptors (Lipinski definition) is 1. The van der Waals surface area contributed by atoms with Crippen LogP contribution in [0.4, 0.5) is 0 Å². The average Bonchev–Trinajstić information content (AvgIpc) is 2.50. The highest BCUT2D eigenvalue weighted by molar-refractivity contribution is 14.1. The van der Waals surface area contributed by atoms with Crippen molar-refractivity contribution in [3.63, 3.8) is 0 Å². The van der Waals surface area contributed by atoms with Gasteiger partial charge in [0.05, 0.1) is 6.10 Å². The monoisotopic (exact) mass is 316 g/mol. The lowest BCUT2D eigenvalue weighted by Crippen LogP contribution is -2.16. The molecule has 0 amide bonds. The SMILES string of the molecule is CC1(Cc2ccc(I)cc2)CCC(O)C1. The molecule has 2 unspecified atom stereocenters. The van der Waals surface area contributed by atoms with Gasteiger partial charge in [0.25, 0.3) is 0 Å². The molecule has 0 bridgehead atoms. The highest BCUT2D eigenvalue weighted by Gasteiger charge is 2.33. The zero-order chi connectivity index (χ0) is 10.9. The van der Waals surface area contributed by atoms with Gasteiger partial charge in [0.1, 0.15) is 0 Å². The summed E-state index contributed by atoms with van der Waals surface area (Å²) in [6.45, 7) is 2.29. The van der Waals surface area contributed by atoms with E-state index in [1.807, 2.05) is 0 Å². The molecule has 2 rings (SSSR count). The van der Waals surface area contributed by atoms with Crippen LogP contribution in [0.1, 0.15) is 31.7 Å². The molecule has 0 radical (unpaired) electrons. The first-order chi connectivity index (χ1) is 7.07. The van der Waals surface area contributed by atoms with Crippen molar-refractivity contribution < 1.29 is 5.11 Å². The summed E-state index contributed by atoms with van der Waals surface area (Å²) in [6, 6.07) is 8.73. The molecule has 15 heavy (non-hydrogen) atoms. The summed E-state index contributed by atoms with van der Waals surface area (Å²) in [5, 5.41) is 9.59. The minimum atomic E-state index is -0.0705. The third-order valence-corrected chi connectivity index (χ3v) is 4.07. The number of hydrogen-bond donors (Lipinski definition) is 1. The van der Waals surface area contributed by atoms with E-state index in [2.05, 4.69) is 53.8 Å². The van der Waals surface area contributed by atoms with Gasteiger partial charge < -0.3 is 5.11 Å².